The van der Waals surface area contributed by atoms with Gasteiger partial charge in [-0.15, -0.1) is 0 Å². The molecule has 1 amide bonds. The van der Waals surface area contributed by atoms with Crippen LogP contribution >= 0.6 is 0 Å². The smallest absolute Gasteiger partial charge is 0.228 e. The quantitative estimate of drug-likeness (QED) is 0.836. The number of nitrogens with zero attached hydrogens (tertiary/aromatic N) is 3. The molecule has 0 unspecified atom stereocenters. The van der Waals surface area contributed by atoms with Gasteiger partial charge >= 0.3 is 0 Å². The summed E-state index contributed by atoms with van der Waals surface area (Å²) < 4.78 is 19.1. The molecule has 3 aliphatic heterocycles. The van der Waals surface area contributed by atoms with Crippen LogP contribution in [-0.4, -0.2) is 66.3 Å². The number of hydrogen-bond donors (Lipinski definition) is 0. The Morgan fingerprint density at radius 3 is 2.84 bits per heavy atom. The zero-order valence-electron chi connectivity index (χ0n) is 14.5. The van der Waals surface area contributed by atoms with Crippen molar-refractivity contribution in [1.29, 1.82) is 0 Å². The number of halogens is 1. The predicted octanol–water partition coefficient (Wildman–Crippen LogP) is 1.74. The van der Waals surface area contributed by atoms with E-state index in [0.29, 0.717) is 44.4 Å². The first kappa shape index (κ1) is 16.9. The van der Waals surface area contributed by atoms with Gasteiger partial charge in [0.25, 0.3) is 0 Å². The van der Waals surface area contributed by atoms with E-state index in [2.05, 4.69) is 9.88 Å². The van der Waals surface area contributed by atoms with E-state index >= 15 is 0 Å². The van der Waals surface area contributed by atoms with Crippen molar-refractivity contribution in [3.8, 4) is 0 Å². The SMILES string of the molecule is O=C([C@H]1COC[C@H]2CN(Cc3ccccn3)C[C@H]21)N1CCC(F)CC1. The number of aromatic nitrogens is 1. The van der Waals surface area contributed by atoms with Crippen molar-refractivity contribution >= 4 is 5.91 Å². The summed E-state index contributed by atoms with van der Waals surface area (Å²) in [4.78, 5) is 21.6. The number of hydrogen-bond acceptors (Lipinski definition) is 4. The highest BCUT2D eigenvalue weighted by atomic mass is 19.1. The zero-order valence-corrected chi connectivity index (χ0v) is 14.5. The molecule has 1 aromatic heterocycles. The highest BCUT2D eigenvalue weighted by Gasteiger charge is 2.45. The van der Waals surface area contributed by atoms with Gasteiger partial charge in [0.1, 0.15) is 6.17 Å². The fraction of sp³-hybridized carbons (Fsp3) is 0.684. The van der Waals surface area contributed by atoms with Crippen LogP contribution in [0.25, 0.3) is 0 Å². The molecule has 0 spiro atoms. The Labute approximate surface area is 148 Å². The number of ether oxygens (including phenoxy) is 1. The third-order valence-electron chi connectivity index (χ3n) is 5.88. The molecule has 3 fully saturated rings. The number of rotatable bonds is 3. The second-order valence-electron chi connectivity index (χ2n) is 7.58. The highest BCUT2D eigenvalue weighted by Crippen LogP contribution is 2.36. The van der Waals surface area contributed by atoms with Crippen LogP contribution in [0.4, 0.5) is 4.39 Å². The summed E-state index contributed by atoms with van der Waals surface area (Å²) in [6.45, 7) is 5.03. The molecule has 0 bridgehead atoms. The van der Waals surface area contributed by atoms with Gasteiger partial charge in [-0.1, -0.05) is 6.07 Å². The molecule has 0 N–H and O–H groups in total. The molecule has 4 heterocycles. The van der Waals surface area contributed by atoms with Gasteiger partial charge in [0.05, 0.1) is 24.8 Å². The van der Waals surface area contributed by atoms with Gasteiger partial charge in [-0.3, -0.25) is 14.7 Å². The van der Waals surface area contributed by atoms with Gasteiger partial charge in [0, 0.05) is 38.9 Å². The predicted molar refractivity (Wildman–Crippen MR) is 91.5 cm³/mol. The maximum atomic E-state index is 13.4. The molecule has 4 rings (SSSR count). The van der Waals surface area contributed by atoms with Crippen molar-refractivity contribution < 1.29 is 13.9 Å². The number of piperidine rings is 1. The van der Waals surface area contributed by atoms with Crippen molar-refractivity contribution in [3.05, 3.63) is 30.1 Å². The number of alkyl halides is 1. The lowest BCUT2D eigenvalue weighted by molar-refractivity contribution is -0.145. The van der Waals surface area contributed by atoms with Crippen molar-refractivity contribution in [2.24, 2.45) is 17.8 Å². The molecule has 3 saturated heterocycles. The molecule has 5 nitrogen and oxygen atoms in total. The number of carbonyl (C=O) groups excluding carboxylic acids is 1. The summed E-state index contributed by atoms with van der Waals surface area (Å²) in [6.07, 6.45) is 2.01. The average molecular weight is 347 g/mol. The first-order chi connectivity index (χ1) is 12.2. The van der Waals surface area contributed by atoms with E-state index in [0.717, 1.165) is 31.9 Å². The Hall–Kier alpha value is -1.53. The first-order valence-corrected chi connectivity index (χ1v) is 9.33. The van der Waals surface area contributed by atoms with Crippen molar-refractivity contribution in [2.75, 3.05) is 39.4 Å². The molecule has 25 heavy (non-hydrogen) atoms. The topological polar surface area (TPSA) is 45.7 Å². The van der Waals surface area contributed by atoms with Crippen LogP contribution in [0.1, 0.15) is 18.5 Å². The maximum absolute atomic E-state index is 13.4. The lowest BCUT2D eigenvalue weighted by Gasteiger charge is -2.37. The van der Waals surface area contributed by atoms with E-state index in [1.54, 1.807) is 0 Å². The Bertz CT molecular complexity index is 592. The largest absolute Gasteiger partial charge is 0.380 e. The van der Waals surface area contributed by atoms with Crippen molar-refractivity contribution in [3.63, 3.8) is 0 Å². The summed E-state index contributed by atoms with van der Waals surface area (Å²) in [7, 11) is 0. The summed E-state index contributed by atoms with van der Waals surface area (Å²) in [6, 6.07) is 5.98. The minimum Gasteiger partial charge on any atom is -0.380 e. The number of carbonyl (C=O) groups is 1. The van der Waals surface area contributed by atoms with Gasteiger partial charge in [-0.25, -0.2) is 4.39 Å². The van der Waals surface area contributed by atoms with Crippen LogP contribution < -0.4 is 0 Å². The van der Waals surface area contributed by atoms with Gasteiger partial charge in [-0.2, -0.15) is 0 Å². The van der Waals surface area contributed by atoms with Crippen molar-refractivity contribution in [1.82, 2.24) is 14.8 Å². The van der Waals surface area contributed by atoms with Gasteiger partial charge in [0.15, 0.2) is 0 Å². The molecule has 0 aliphatic carbocycles. The van der Waals surface area contributed by atoms with Crippen LogP contribution in [0.3, 0.4) is 0 Å². The Morgan fingerprint density at radius 1 is 1.24 bits per heavy atom. The molecule has 0 aromatic carbocycles. The Balaban J connectivity index is 1.40. The van der Waals surface area contributed by atoms with Crippen LogP contribution in [0.15, 0.2) is 24.4 Å². The third-order valence-corrected chi connectivity index (χ3v) is 5.88. The fourth-order valence-electron chi connectivity index (χ4n) is 4.50. The van der Waals surface area contributed by atoms with Crippen LogP contribution in [-0.2, 0) is 16.1 Å². The summed E-state index contributed by atoms with van der Waals surface area (Å²) >= 11 is 0. The average Bonchev–Trinajstić information content (AvgIpc) is 3.05. The summed E-state index contributed by atoms with van der Waals surface area (Å²) in [5, 5.41) is 0. The molecular formula is C19H26FN3O2. The number of likely N-dealkylation sites (tertiary alicyclic amines) is 2. The first-order valence-electron chi connectivity index (χ1n) is 9.33. The minimum absolute atomic E-state index is 0.0800. The monoisotopic (exact) mass is 347 g/mol. The number of pyridine rings is 1. The van der Waals surface area contributed by atoms with E-state index in [1.165, 1.54) is 0 Å². The third kappa shape index (κ3) is 3.70. The molecule has 3 atom stereocenters. The van der Waals surface area contributed by atoms with E-state index in [-0.39, 0.29) is 11.8 Å². The Kier molecular flexibility index (Phi) is 4.99. The van der Waals surface area contributed by atoms with E-state index in [4.69, 9.17) is 4.74 Å². The minimum atomic E-state index is -0.750. The molecule has 136 valence electrons. The van der Waals surface area contributed by atoms with E-state index in [9.17, 15) is 9.18 Å². The molecule has 0 radical (unpaired) electrons. The molecule has 6 heteroatoms. The number of fused-ring (bicyclic) bond motifs is 1. The molecular weight excluding hydrogens is 321 g/mol. The van der Waals surface area contributed by atoms with E-state index < -0.39 is 6.17 Å². The summed E-state index contributed by atoms with van der Waals surface area (Å²) in [5.41, 5.74) is 1.06. The lowest BCUT2D eigenvalue weighted by Crippen LogP contribution is -2.48. The fourth-order valence-corrected chi connectivity index (χ4v) is 4.50. The van der Waals surface area contributed by atoms with Gasteiger partial charge in [-0.05, 0) is 36.8 Å². The molecule has 0 saturated carbocycles. The summed E-state index contributed by atoms with van der Waals surface area (Å²) in [5.74, 6) is 0.836. The van der Waals surface area contributed by atoms with Crippen molar-refractivity contribution in [2.45, 2.75) is 25.6 Å². The van der Waals surface area contributed by atoms with Crippen LogP contribution in [0.5, 0.6) is 0 Å². The van der Waals surface area contributed by atoms with E-state index in [1.807, 2.05) is 29.3 Å². The standard InChI is InChI=1S/C19H26FN3O2/c20-15-4-7-23(8-5-15)19(24)18-13-25-12-14-9-22(11-17(14)18)10-16-3-1-2-6-21-16/h1-3,6,14-15,17-18H,4-5,7-13H2/t14-,17-,18+/m1/s1. The van der Waals surface area contributed by atoms with Gasteiger partial charge in [0.2, 0.25) is 5.91 Å². The van der Waals surface area contributed by atoms with Crippen LogP contribution in [0, 0.1) is 17.8 Å². The number of amides is 1. The molecule has 3 aliphatic rings. The molecule has 1 aromatic rings. The van der Waals surface area contributed by atoms with Crippen LogP contribution in [0.2, 0.25) is 0 Å². The van der Waals surface area contributed by atoms with Gasteiger partial charge < -0.3 is 9.64 Å². The normalized spacial score (nSPS) is 31.1. The zero-order chi connectivity index (χ0) is 17.2. The second-order valence-corrected chi connectivity index (χ2v) is 7.58. The maximum Gasteiger partial charge on any atom is 0.228 e. The second kappa shape index (κ2) is 7.38. The highest BCUT2D eigenvalue weighted by molar-refractivity contribution is 5.79. The lowest BCUT2D eigenvalue weighted by atomic mass is 9.81. The Morgan fingerprint density at radius 2 is 2.08 bits per heavy atom.